The first-order chi connectivity index (χ1) is 7.26. The van der Waals surface area contributed by atoms with Crippen LogP contribution < -0.4 is 9.96 Å². The van der Waals surface area contributed by atoms with Gasteiger partial charge in [0.05, 0.1) is 0 Å². The molecule has 90 valence electrons. The molecular formula is C10H24N2O2Si. The van der Waals surface area contributed by atoms with Gasteiger partial charge in [0.15, 0.2) is 0 Å². The van der Waals surface area contributed by atoms with E-state index in [2.05, 4.69) is 9.96 Å². The second-order valence-electron chi connectivity index (χ2n) is 3.86. The standard InChI is InChI=1S/C10H24N2O2Si/c1-4-13-15(11-3,14-5-2)12-10-8-6-7-9-10/h10-12H,4-9H2,1-3H3. The van der Waals surface area contributed by atoms with Gasteiger partial charge in [-0.15, -0.1) is 0 Å². The molecule has 0 aromatic heterocycles. The summed E-state index contributed by atoms with van der Waals surface area (Å²) in [6, 6.07) is 0.571. The second-order valence-corrected chi connectivity index (χ2v) is 6.46. The Morgan fingerprint density at radius 2 is 1.67 bits per heavy atom. The number of hydrogen-bond acceptors (Lipinski definition) is 4. The molecule has 1 aliphatic carbocycles. The Bertz CT molecular complexity index is 169. The van der Waals surface area contributed by atoms with Crippen LogP contribution >= 0.6 is 0 Å². The molecule has 4 nitrogen and oxygen atoms in total. The normalized spacial score (nSPS) is 18.6. The lowest BCUT2D eigenvalue weighted by molar-refractivity contribution is 0.157. The van der Waals surface area contributed by atoms with Crippen LogP contribution in [0.2, 0.25) is 0 Å². The van der Waals surface area contributed by atoms with Crippen molar-refractivity contribution in [2.24, 2.45) is 0 Å². The van der Waals surface area contributed by atoms with Crippen molar-refractivity contribution < 1.29 is 8.85 Å². The summed E-state index contributed by atoms with van der Waals surface area (Å²) < 4.78 is 11.6. The smallest absolute Gasteiger partial charge is 0.371 e. The molecule has 0 radical (unpaired) electrons. The molecule has 0 unspecified atom stereocenters. The highest BCUT2D eigenvalue weighted by molar-refractivity contribution is 6.62. The maximum Gasteiger partial charge on any atom is 0.516 e. The number of hydrogen-bond donors (Lipinski definition) is 2. The Balaban J connectivity index is 2.51. The molecule has 0 aromatic carbocycles. The van der Waals surface area contributed by atoms with E-state index in [1.54, 1.807) is 0 Å². The molecule has 0 aliphatic heterocycles. The summed E-state index contributed by atoms with van der Waals surface area (Å²) in [7, 11) is -0.418. The van der Waals surface area contributed by atoms with Gasteiger partial charge in [0.1, 0.15) is 0 Å². The first kappa shape index (κ1) is 13.1. The summed E-state index contributed by atoms with van der Waals surface area (Å²) in [5.74, 6) is 0. The minimum Gasteiger partial charge on any atom is -0.371 e. The predicted molar refractivity (Wildman–Crippen MR) is 63.5 cm³/mol. The molecule has 0 atom stereocenters. The minimum atomic E-state index is -2.33. The summed E-state index contributed by atoms with van der Waals surface area (Å²) in [5, 5.41) is 0. The zero-order valence-electron chi connectivity index (χ0n) is 10.1. The fourth-order valence-electron chi connectivity index (χ4n) is 2.09. The Morgan fingerprint density at radius 3 is 2.07 bits per heavy atom. The first-order valence-corrected chi connectivity index (χ1v) is 7.82. The zero-order valence-corrected chi connectivity index (χ0v) is 11.1. The fourth-order valence-corrected chi connectivity index (χ4v) is 4.41. The van der Waals surface area contributed by atoms with Gasteiger partial charge in [-0.1, -0.05) is 12.8 Å². The molecule has 1 saturated carbocycles. The molecule has 1 rings (SSSR count). The number of nitrogens with one attached hydrogen (secondary N) is 2. The number of rotatable bonds is 7. The zero-order chi connectivity index (χ0) is 11.1. The first-order valence-electron chi connectivity index (χ1n) is 6.00. The van der Waals surface area contributed by atoms with E-state index in [1.807, 2.05) is 20.9 Å². The monoisotopic (exact) mass is 232 g/mol. The highest BCUT2D eigenvalue weighted by Gasteiger charge is 2.40. The van der Waals surface area contributed by atoms with Crippen LogP contribution in [0.25, 0.3) is 0 Å². The van der Waals surface area contributed by atoms with Gasteiger partial charge in [-0.2, -0.15) is 0 Å². The van der Waals surface area contributed by atoms with E-state index in [0.29, 0.717) is 19.3 Å². The average molecular weight is 232 g/mol. The third kappa shape index (κ3) is 3.84. The summed E-state index contributed by atoms with van der Waals surface area (Å²) >= 11 is 0. The molecule has 0 heterocycles. The van der Waals surface area contributed by atoms with Crippen LogP contribution in [0.4, 0.5) is 0 Å². The van der Waals surface area contributed by atoms with E-state index in [4.69, 9.17) is 8.85 Å². The van der Waals surface area contributed by atoms with Gasteiger partial charge < -0.3 is 8.85 Å². The predicted octanol–water partition coefficient (Wildman–Crippen LogP) is 1.25. The average Bonchev–Trinajstić information content (AvgIpc) is 2.71. The summed E-state index contributed by atoms with van der Waals surface area (Å²) in [6.07, 6.45) is 5.14. The molecule has 0 spiro atoms. The van der Waals surface area contributed by atoms with Gasteiger partial charge >= 0.3 is 8.88 Å². The van der Waals surface area contributed by atoms with Crippen molar-refractivity contribution in [1.82, 2.24) is 9.96 Å². The maximum absolute atomic E-state index is 5.78. The molecule has 0 bridgehead atoms. The lowest BCUT2D eigenvalue weighted by Crippen LogP contribution is -2.68. The lowest BCUT2D eigenvalue weighted by Gasteiger charge is -2.31. The van der Waals surface area contributed by atoms with Crippen molar-refractivity contribution in [1.29, 1.82) is 0 Å². The van der Waals surface area contributed by atoms with E-state index in [1.165, 1.54) is 25.7 Å². The molecule has 15 heavy (non-hydrogen) atoms. The van der Waals surface area contributed by atoms with Gasteiger partial charge in [0, 0.05) is 19.3 Å². The molecule has 5 heteroatoms. The molecule has 2 N–H and O–H groups in total. The van der Waals surface area contributed by atoms with Crippen molar-refractivity contribution >= 4 is 8.88 Å². The largest absolute Gasteiger partial charge is 0.516 e. The van der Waals surface area contributed by atoms with E-state index >= 15 is 0 Å². The third-order valence-electron chi connectivity index (χ3n) is 2.77. The van der Waals surface area contributed by atoms with Crippen molar-refractivity contribution in [2.75, 3.05) is 20.3 Å². The lowest BCUT2D eigenvalue weighted by atomic mass is 10.3. The minimum absolute atomic E-state index is 0.571. The van der Waals surface area contributed by atoms with Crippen LogP contribution in [0.15, 0.2) is 0 Å². The van der Waals surface area contributed by atoms with Crippen LogP contribution in [0.5, 0.6) is 0 Å². The Kier molecular flexibility index (Phi) is 5.77. The van der Waals surface area contributed by atoms with Crippen LogP contribution in [-0.2, 0) is 8.85 Å². The highest BCUT2D eigenvalue weighted by Crippen LogP contribution is 2.19. The van der Waals surface area contributed by atoms with Crippen molar-refractivity contribution in [3.8, 4) is 0 Å². The van der Waals surface area contributed by atoms with E-state index in [9.17, 15) is 0 Å². The maximum atomic E-state index is 5.78. The molecule has 0 aromatic rings. The third-order valence-corrected chi connectivity index (χ3v) is 5.61. The summed E-state index contributed by atoms with van der Waals surface area (Å²) in [4.78, 5) is 6.79. The van der Waals surface area contributed by atoms with Gasteiger partial charge in [-0.25, -0.2) is 0 Å². The Labute approximate surface area is 94.1 Å². The fraction of sp³-hybridized carbons (Fsp3) is 1.00. The van der Waals surface area contributed by atoms with Gasteiger partial charge in [0.25, 0.3) is 0 Å². The molecule has 0 amide bonds. The molecule has 1 aliphatic rings. The van der Waals surface area contributed by atoms with Crippen LogP contribution in [0, 0.1) is 0 Å². The van der Waals surface area contributed by atoms with E-state index in [0.717, 1.165) is 0 Å². The topological polar surface area (TPSA) is 42.5 Å². The van der Waals surface area contributed by atoms with Crippen LogP contribution in [0.3, 0.4) is 0 Å². The van der Waals surface area contributed by atoms with Gasteiger partial charge in [-0.05, 0) is 33.7 Å². The van der Waals surface area contributed by atoms with Gasteiger partial charge in [0.2, 0.25) is 0 Å². The van der Waals surface area contributed by atoms with Crippen LogP contribution in [0.1, 0.15) is 39.5 Å². The SMILES string of the molecule is CCO[Si](NC)(NC1CCCC1)OCC. The molecule has 0 saturated heterocycles. The molecule has 1 fully saturated rings. The summed E-state index contributed by atoms with van der Waals surface area (Å²) in [6.45, 7) is 5.39. The van der Waals surface area contributed by atoms with Crippen molar-refractivity contribution in [2.45, 2.75) is 45.6 Å². The second kappa shape index (κ2) is 6.60. The summed E-state index contributed by atoms with van der Waals surface area (Å²) in [5.41, 5.74) is 0. The van der Waals surface area contributed by atoms with Crippen molar-refractivity contribution in [3.63, 3.8) is 0 Å². The molecular weight excluding hydrogens is 208 g/mol. The van der Waals surface area contributed by atoms with E-state index < -0.39 is 8.88 Å². The van der Waals surface area contributed by atoms with Gasteiger partial charge in [-0.3, -0.25) is 9.96 Å². The van der Waals surface area contributed by atoms with E-state index in [-0.39, 0.29) is 0 Å². The Hall–Kier alpha value is 0.0569. The quantitative estimate of drug-likeness (QED) is 0.648. The highest BCUT2D eigenvalue weighted by atomic mass is 28.4. The Morgan fingerprint density at radius 1 is 1.13 bits per heavy atom. The van der Waals surface area contributed by atoms with Crippen molar-refractivity contribution in [3.05, 3.63) is 0 Å². The van der Waals surface area contributed by atoms with Crippen LogP contribution in [-0.4, -0.2) is 35.2 Å².